The van der Waals surface area contributed by atoms with E-state index in [1.807, 2.05) is 14.1 Å². The summed E-state index contributed by atoms with van der Waals surface area (Å²) >= 11 is 0. The third-order valence-corrected chi connectivity index (χ3v) is 2.08. The highest BCUT2D eigenvalue weighted by molar-refractivity contribution is 5.54. The molecule has 0 aliphatic rings. The quantitative estimate of drug-likeness (QED) is 0.439. The highest BCUT2D eigenvalue weighted by Gasteiger charge is 2.17. The van der Waals surface area contributed by atoms with Crippen molar-refractivity contribution < 1.29 is 4.92 Å². The Hall–Kier alpha value is -1.63. The molecule has 0 aliphatic heterocycles. The molecular formula is C9H17N5O2. The minimum Gasteiger partial charge on any atom is -0.363 e. The Kier molecular flexibility index (Phi) is 4.24. The number of nitrogens with zero attached hydrogens (tertiary/aromatic N) is 4. The summed E-state index contributed by atoms with van der Waals surface area (Å²) in [5.74, 6) is 0.339. The zero-order valence-electron chi connectivity index (χ0n) is 9.80. The third-order valence-electron chi connectivity index (χ3n) is 2.08. The zero-order chi connectivity index (χ0) is 12.1. The fourth-order valence-corrected chi connectivity index (χ4v) is 1.34. The number of hydrogen-bond donors (Lipinski definition) is 1. The molecule has 0 saturated carbocycles. The van der Waals surface area contributed by atoms with Gasteiger partial charge in [0.1, 0.15) is 6.20 Å². The molecule has 1 aromatic heterocycles. The molecule has 0 aromatic carbocycles. The van der Waals surface area contributed by atoms with E-state index in [9.17, 15) is 10.1 Å². The van der Waals surface area contributed by atoms with Crippen molar-refractivity contribution in [1.82, 2.24) is 14.7 Å². The van der Waals surface area contributed by atoms with Gasteiger partial charge in [-0.3, -0.25) is 14.8 Å². The van der Waals surface area contributed by atoms with Crippen molar-refractivity contribution in [1.29, 1.82) is 0 Å². The Labute approximate surface area is 94.2 Å². The van der Waals surface area contributed by atoms with Crippen molar-refractivity contribution in [2.24, 2.45) is 7.05 Å². The van der Waals surface area contributed by atoms with Gasteiger partial charge in [0, 0.05) is 13.6 Å². The first-order valence-electron chi connectivity index (χ1n) is 5.07. The topological polar surface area (TPSA) is 76.2 Å². The Morgan fingerprint density at radius 2 is 2.31 bits per heavy atom. The van der Waals surface area contributed by atoms with E-state index in [4.69, 9.17) is 0 Å². The van der Waals surface area contributed by atoms with Crippen LogP contribution >= 0.6 is 0 Å². The van der Waals surface area contributed by atoms with E-state index in [1.165, 1.54) is 10.9 Å². The van der Waals surface area contributed by atoms with Gasteiger partial charge in [0.2, 0.25) is 5.82 Å². The highest BCUT2D eigenvalue weighted by Crippen LogP contribution is 2.20. The van der Waals surface area contributed by atoms with Gasteiger partial charge in [-0.2, -0.15) is 0 Å². The fourth-order valence-electron chi connectivity index (χ4n) is 1.34. The van der Waals surface area contributed by atoms with Crippen LogP contribution in [0.25, 0.3) is 0 Å². The summed E-state index contributed by atoms with van der Waals surface area (Å²) in [5.41, 5.74) is 0.0207. The lowest BCUT2D eigenvalue weighted by Crippen LogP contribution is -2.16. The molecule has 0 spiro atoms. The van der Waals surface area contributed by atoms with Crippen LogP contribution in [0.4, 0.5) is 11.5 Å². The molecule has 7 heteroatoms. The molecule has 1 rings (SSSR count). The van der Waals surface area contributed by atoms with Crippen LogP contribution in [-0.4, -0.2) is 46.8 Å². The van der Waals surface area contributed by atoms with Gasteiger partial charge in [-0.1, -0.05) is 0 Å². The molecule has 0 unspecified atom stereocenters. The van der Waals surface area contributed by atoms with Crippen molar-refractivity contribution >= 4 is 11.5 Å². The highest BCUT2D eigenvalue weighted by atomic mass is 16.6. The molecule has 1 N–H and O–H groups in total. The fraction of sp³-hybridized carbons (Fsp3) is 0.667. The van der Waals surface area contributed by atoms with Gasteiger partial charge in [-0.05, 0) is 27.1 Å². The van der Waals surface area contributed by atoms with Crippen LogP contribution in [0.15, 0.2) is 6.20 Å². The van der Waals surface area contributed by atoms with Crippen LogP contribution in [-0.2, 0) is 7.05 Å². The molecule has 1 aromatic rings. The molecule has 0 fully saturated rings. The predicted molar refractivity (Wildman–Crippen MR) is 61.5 cm³/mol. The lowest BCUT2D eigenvalue weighted by Gasteiger charge is -2.08. The molecule has 0 atom stereocenters. The van der Waals surface area contributed by atoms with Crippen molar-refractivity contribution in [3.63, 3.8) is 0 Å². The minimum atomic E-state index is -0.429. The first-order chi connectivity index (χ1) is 7.50. The second kappa shape index (κ2) is 5.45. The standard InChI is InChI=1S/C9H17N5O2/c1-12(2)6-4-5-10-9-8(14(15)16)7-13(3)11-9/h7H,4-6H2,1-3H3,(H,10,11). The maximum atomic E-state index is 10.7. The molecule has 1 heterocycles. The Morgan fingerprint density at radius 1 is 1.62 bits per heavy atom. The molecule has 90 valence electrons. The molecule has 0 radical (unpaired) electrons. The van der Waals surface area contributed by atoms with Crippen molar-refractivity contribution in [2.45, 2.75) is 6.42 Å². The Morgan fingerprint density at radius 3 is 2.88 bits per heavy atom. The zero-order valence-corrected chi connectivity index (χ0v) is 9.80. The minimum absolute atomic E-state index is 0.0207. The second-order valence-electron chi connectivity index (χ2n) is 3.88. The summed E-state index contributed by atoms with van der Waals surface area (Å²) in [7, 11) is 5.64. The van der Waals surface area contributed by atoms with Gasteiger partial charge in [0.05, 0.1) is 4.92 Å². The van der Waals surface area contributed by atoms with E-state index < -0.39 is 4.92 Å². The van der Waals surface area contributed by atoms with Gasteiger partial charge in [0.15, 0.2) is 0 Å². The van der Waals surface area contributed by atoms with Crippen LogP contribution in [0.5, 0.6) is 0 Å². The second-order valence-corrected chi connectivity index (χ2v) is 3.88. The Balaban J connectivity index is 2.50. The van der Waals surface area contributed by atoms with E-state index in [0.717, 1.165) is 13.0 Å². The smallest absolute Gasteiger partial charge is 0.330 e. The number of hydrogen-bond acceptors (Lipinski definition) is 5. The number of aryl methyl sites for hydroxylation is 1. The summed E-state index contributed by atoms with van der Waals surface area (Å²) in [6.07, 6.45) is 2.31. The maximum absolute atomic E-state index is 10.7. The Bertz CT molecular complexity index is 361. The van der Waals surface area contributed by atoms with E-state index >= 15 is 0 Å². The van der Waals surface area contributed by atoms with Crippen LogP contribution in [0.3, 0.4) is 0 Å². The summed E-state index contributed by atoms with van der Waals surface area (Å²) in [6, 6.07) is 0. The van der Waals surface area contributed by atoms with Crippen LogP contribution in [0.1, 0.15) is 6.42 Å². The number of rotatable bonds is 6. The first kappa shape index (κ1) is 12.4. The van der Waals surface area contributed by atoms with Crippen molar-refractivity contribution in [2.75, 3.05) is 32.5 Å². The molecule has 0 aliphatic carbocycles. The van der Waals surface area contributed by atoms with Crippen LogP contribution in [0, 0.1) is 10.1 Å². The van der Waals surface area contributed by atoms with E-state index in [2.05, 4.69) is 15.3 Å². The van der Waals surface area contributed by atoms with Gasteiger partial charge in [0.25, 0.3) is 0 Å². The van der Waals surface area contributed by atoms with E-state index in [0.29, 0.717) is 12.4 Å². The van der Waals surface area contributed by atoms with Crippen molar-refractivity contribution in [3.05, 3.63) is 16.3 Å². The monoisotopic (exact) mass is 227 g/mol. The van der Waals surface area contributed by atoms with Gasteiger partial charge >= 0.3 is 5.69 Å². The lowest BCUT2D eigenvalue weighted by atomic mass is 10.4. The molecule has 0 bridgehead atoms. The van der Waals surface area contributed by atoms with Crippen molar-refractivity contribution in [3.8, 4) is 0 Å². The number of nitro groups is 1. The lowest BCUT2D eigenvalue weighted by molar-refractivity contribution is -0.384. The average Bonchev–Trinajstić information content (AvgIpc) is 2.54. The summed E-state index contributed by atoms with van der Waals surface area (Å²) in [6.45, 7) is 1.61. The maximum Gasteiger partial charge on any atom is 0.330 e. The van der Waals surface area contributed by atoms with Gasteiger partial charge in [-0.15, -0.1) is 5.10 Å². The molecule has 0 saturated heterocycles. The number of aromatic nitrogens is 2. The normalized spacial score (nSPS) is 10.8. The van der Waals surface area contributed by atoms with Crippen LogP contribution in [0.2, 0.25) is 0 Å². The SMILES string of the molecule is CN(C)CCCNc1nn(C)cc1[N+](=O)[O-]. The summed E-state index contributed by atoms with van der Waals surface area (Å²) in [4.78, 5) is 12.3. The molecule has 0 amide bonds. The average molecular weight is 227 g/mol. The first-order valence-corrected chi connectivity index (χ1v) is 5.07. The largest absolute Gasteiger partial charge is 0.363 e. The van der Waals surface area contributed by atoms with Gasteiger partial charge < -0.3 is 10.2 Å². The summed E-state index contributed by atoms with van der Waals surface area (Å²) in [5, 5.41) is 17.6. The third kappa shape index (κ3) is 3.50. The predicted octanol–water partition coefficient (Wildman–Crippen LogP) is 0.692. The van der Waals surface area contributed by atoms with E-state index in [1.54, 1.807) is 7.05 Å². The van der Waals surface area contributed by atoms with E-state index in [-0.39, 0.29) is 5.69 Å². The summed E-state index contributed by atoms with van der Waals surface area (Å²) < 4.78 is 1.44. The van der Waals surface area contributed by atoms with Gasteiger partial charge in [-0.25, -0.2) is 0 Å². The number of nitrogens with one attached hydrogen (secondary N) is 1. The molecule has 7 nitrogen and oxygen atoms in total. The molecular weight excluding hydrogens is 210 g/mol. The molecule has 16 heavy (non-hydrogen) atoms. The number of anilines is 1. The van der Waals surface area contributed by atoms with Crippen LogP contribution < -0.4 is 5.32 Å².